The Labute approximate surface area is 94.2 Å². The van der Waals surface area contributed by atoms with Gasteiger partial charge in [0.15, 0.2) is 0 Å². The molecule has 0 unspecified atom stereocenters. The third kappa shape index (κ3) is 1.94. The highest BCUT2D eigenvalue weighted by atomic mass is 16.5. The minimum atomic E-state index is 0.678. The third-order valence-electron chi connectivity index (χ3n) is 2.63. The molecule has 0 fully saturated rings. The van der Waals surface area contributed by atoms with E-state index >= 15 is 0 Å². The van der Waals surface area contributed by atoms with E-state index in [0.717, 1.165) is 28.8 Å². The average molecular weight is 220 g/mol. The van der Waals surface area contributed by atoms with Crippen molar-refractivity contribution in [1.29, 1.82) is 0 Å². The number of methoxy groups -OCH3 is 1. The summed E-state index contributed by atoms with van der Waals surface area (Å²) in [5, 5.41) is 7.94. The summed E-state index contributed by atoms with van der Waals surface area (Å²) < 4.78 is 5.04. The Kier molecular flexibility index (Phi) is 2.96. The molecule has 0 aliphatic rings. The van der Waals surface area contributed by atoms with Gasteiger partial charge in [-0.3, -0.25) is 5.10 Å². The van der Waals surface area contributed by atoms with Crippen molar-refractivity contribution in [3.63, 3.8) is 0 Å². The van der Waals surface area contributed by atoms with Gasteiger partial charge in [0, 0.05) is 26.1 Å². The molecule has 1 aromatic heterocycles. The van der Waals surface area contributed by atoms with E-state index in [0.29, 0.717) is 6.61 Å². The summed E-state index contributed by atoms with van der Waals surface area (Å²) >= 11 is 0. The van der Waals surface area contributed by atoms with Crippen LogP contribution in [0.4, 0.5) is 11.4 Å². The molecule has 0 amide bonds. The summed E-state index contributed by atoms with van der Waals surface area (Å²) in [6.45, 7) is 1.48. The number of nitrogens with two attached hydrogens (primary N) is 1. The van der Waals surface area contributed by atoms with Crippen molar-refractivity contribution in [1.82, 2.24) is 10.2 Å². The molecule has 5 heteroatoms. The van der Waals surface area contributed by atoms with E-state index in [1.54, 1.807) is 13.3 Å². The smallest absolute Gasteiger partial charge is 0.0672 e. The van der Waals surface area contributed by atoms with Crippen molar-refractivity contribution < 1.29 is 4.74 Å². The number of hydrogen-bond donors (Lipinski definition) is 2. The fraction of sp³-hybridized carbons (Fsp3) is 0.364. The predicted octanol–water partition coefficient (Wildman–Crippen LogP) is 1.23. The molecule has 0 radical (unpaired) electrons. The van der Waals surface area contributed by atoms with Crippen molar-refractivity contribution in [2.75, 3.05) is 37.9 Å². The number of aromatic amines is 1. The quantitative estimate of drug-likeness (QED) is 0.760. The topological polar surface area (TPSA) is 67.2 Å². The van der Waals surface area contributed by atoms with Gasteiger partial charge >= 0.3 is 0 Å². The molecule has 0 saturated carbocycles. The van der Waals surface area contributed by atoms with E-state index in [1.807, 2.05) is 19.2 Å². The largest absolute Gasteiger partial charge is 0.397 e. The van der Waals surface area contributed by atoms with Gasteiger partial charge in [-0.2, -0.15) is 5.10 Å². The maximum Gasteiger partial charge on any atom is 0.0672 e. The van der Waals surface area contributed by atoms with E-state index in [2.05, 4.69) is 15.1 Å². The Hall–Kier alpha value is -1.75. The third-order valence-corrected chi connectivity index (χ3v) is 2.63. The van der Waals surface area contributed by atoms with Crippen LogP contribution in [-0.4, -0.2) is 37.5 Å². The molecule has 2 rings (SSSR count). The SMILES string of the molecule is COCCN(C)c1cc2[nH]ncc2cc1N. The number of ether oxygens (including phenoxy) is 1. The van der Waals surface area contributed by atoms with Crippen molar-refractivity contribution in [3.05, 3.63) is 18.3 Å². The second-order valence-electron chi connectivity index (χ2n) is 3.78. The predicted molar refractivity (Wildman–Crippen MR) is 65.7 cm³/mol. The van der Waals surface area contributed by atoms with Crippen LogP contribution in [0.2, 0.25) is 0 Å². The maximum atomic E-state index is 5.99. The Morgan fingerprint density at radius 1 is 1.50 bits per heavy atom. The number of rotatable bonds is 4. The Balaban J connectivity index is 2.31. The molecule has 1 heterocycles. The van der Waals surface area contributed by atoms with Crippen LogP contribution in [0.1, 0.15) is 0 Å². The molecular formula is C11H16N4O. The number of H-pyrrole nitrogens is 1. The van der Waals surface area contributed by atoms with Gasteiger partial charge in [0.05, 0.1) is 29.7 Å². The number of hydrogen-bond acceptors (Lipinski definition) is 4. The van der Waals surface area contributed by atoms with Gasteiger partial charge in [-0.05, 0) is 12.1 Å². The number of nitrogens with zero attached hydrogens (tertiary/aromatic N) is 2. The van der Waals surface area contributed by atoms with Gasteiger partial charge in [0.1, 0.15) is 0 Å². The van der Waals surface area contributed by atoms with Crippen molar-refractivity contribution in [2.24, 2.45) is 0 Å². The highest BCUT2D eigenvalue weighted by Crippen LogP contribution is 2.27. The number of nitrogen functional groups attached to an aromatic ring is 1. The van der Waals surface area contributed by atoms with Crippen molar-refractivity contribution in [2.45, 2.75) is 0 Å². The minimum absolute atomic E-state index is 0.678. The normalized spacial score (nSPS) is 10.9. The van der Waals surface area contributed by atoms with Crippen LogP contribution in [0.3, 0.4) is 0 Å². The zero-order chi connectivity index (χ0) is 11.5. The fourth-order valence-electron chi connectivity index (χ4n) is 1.68. The number of likely N-dealkylation sites (N-methyl/N-ethyl adjacent to an activating group) is 1. The molecule has 0 bridgehead atoms. The Morgan fingerprint density at radius 3 is 3.06 bits per heavy atom. The molecule has 86 valence electrons. The molecular weight excluding hydrogens is 204 g/mol. The van der Waals surface area contributed by atoms with E-state index in [9.17, 15) is 0 Å². The van der Waals surface area contributed by atoms with Gasteiger partial charge in [0.25, 0.3) is 0 Å². The summed E-state index contributed by atoms with van der Waals surface area (Å²) in [7, 11) is 3.68. The standard InChI is InChI=1S/C11H16N4O/c1-15(3-4-16-2)11-6-10-8(5-9(11)12)7-13-14-10/h5-7H,3-4,12H2,1-2H3,(H,13,14). The zero-order valence-electron chi connectivity index (χ0n) is 9.53. The van der Waals surface area contributed by atoms with Crippen LogP contribution in [0, 0.1) is 0 Å². The Morgan fingerprint density at radius 2 is 2.31 bits per heavy atom. The summed E-state index contributed by atoms with van der Waals surface area (Å²) in [5.41, 5.74) is 8.74. The van der Waals surface area contributed by atoms with E-state index in [1.165, 1.54) is 0 Å². The number of anilines is 2. The van der Waals surface area contributed by atoms with Crippen molar-refractivity contribution >= 4 is 22.3 Å². The summed E-state index contributed by atoms with van der Waals surface area (Å²) in [6.07, 6.45) is 1.77. The van der Waals surface area contributed by atoms with Crippen LogP contribution in [-0.2, 0) is 4.74 Å². The lowest BCUT2D eigenvalue weighted by molar-refractivity contribution is 0.206. The Bertz CT molecular complexity index is 480. The lowest BCUT2D eigenvalue weighted by Gasteiger charge is -2.20. The summed E-state index contributed by atoms with van der Waals surface area (Å²) in [6, 6.07) is 3.94. The fourth-order valence-corrected chi connectivity index (χ4v) is 1.68. The first-order chi connectivity index (χ1) is 7.72. The molecule has 0 atom stereocenters. The molecule has 0 saturated heterocycles. The molecule has 0 aliphatic heterocycles. The van der Waals surface area contributed by atoms with Gasteiger partial charge in [0.2, 0.25) is 0 Å². The maximum absolute atomic E-state index is 5.99. The average Bonchev–Trinajstić information content (AvgIpc) is 2.71. The van der Waals surface area contributed by atoms with Gasteiger partial charge < -0.3 is 15.4 Å². The van der Waals surface area contributed by atoms with Crippen LogP contribution < -0.4 is 10.6 Å². The van der Waals surface area contributed by atoms with E-state index in [-0.39, 0.29) is 0 Å². The van der Waals surface area contributed by atoms with E-state index in [4.69, 9.17) is 10.5 Å². The van der Waals surface area contributed by atoms with Crippen LogP contribution in [0.15, 0.2) is 18.3 Å². The lowest BCUT2D eigenvalue weighted by Crippen LogP contribution is -2.22. The minimum Gasteiger partial charge on any atom is -0.397 e. The number of aromatic nitrogens is 2. The first-order valence-corrected chi connectivity index (χ1v) is 5.15. The molecule has 1 aromatic carbocycles. The molecule has 2 aromatic rings. The van der Waals surface area contributed by atoms with Crippen molar-refractivity contribution in [3.8, 4) is 0 Å². The highest BCUT2D eigenvalue weighted by molar-refractivity contribution is 5.88. The second-order valence-corrected chi connectivity index (χ2v) is 3.78. The molecule has 0 spiro atoms. The van der Waals surface area contributed by atoms with Crippen LogP contribution >= 0.6 is 0 Å². The lowest BCUT2D eigenvalue weighted by atomic mass is 10.2. The molecule has 5 nitrogen and oxygen atoms in total. The highest BCUT2D eigenvalue weighted by Gasteiger charge is 2.07. The number of fused-ring (bicyclic) bond motifs is 1. The van der Waals surface area contributed by atoms with E-state index < -0.39 is 0 Å². The summed E-state index contributed by atoms with van der Waals surface area (Å²) in [5.74, 6) is 0. The van der Waals surface area contributed by atoms with Crippen LogP contribution in [0.25, 0.3) is 10.9 Å². The van der Waals surface area contributed by atoms with Gasteiger partial charge in [-0.15, -0.1) is 0 Å². The van der Waals surface area contributed by atoms with Crippen LogP contribution in [0.5, 0.6) is 0 Å². The summed E-state index contributed by atoms with van der Waals surface area (Å²) in [4.78, 5) is 2.07. The second kappa shape index (κ2) is 4.40. The van der Waals surface area contributed by atoms with Gasteiger partial charge in [-0.1, -0.05) is 0 Å². The number of nitrogens with one attached hydrogen (secondary N) is 1. The van der Waals surface area contributed by atoms with Gasteiger partial charge in [-0.25, -0.2) is 0 Å². The first-order valence-electron chi connectivity index (χ1n) is 5.15. The monoisotopic (exact) mass is 220 g/mol. The molecule has 0 aliphatic carbocycles. The molecule has 16 heavy (non-hydrogen) atoms. The zero-order valence-corrected chi connectivity index (χ0v) is 9.53. The number of benzene rings is 1. The molecule has 3 N–H and O–H groups in total. The first kappa shape index (κ1) is 10.8.